The molecule has 20 aromatic rings. The summed E-state index contributed by atoms with van der Waals surface area (Å²) in [5.41, 5.74) is 21.3. The minimum atomic E-state index is 0.572. The van der Waals surface area contributed by atoms with Crippen LogP contribution in [0, 0.1) is 6.92 Å². The molecule has 6 aromatic heterocycles. The Kier molecular flexibility index (Phi) is 13.7. The predicted molar refractivity (Wildman–Crippen MR) is 418 cm³/mol. The number of aromatic nitrogens is 6. The van der Waals surface area contributed by atoms with Crippen LogP contribution in [0.5, 0.6) is 0 Å². The lowest BCUT2D eigenvalue weighted by Gasteiger charge is -2.12. The second kappa shape index (κ2) is 23.7. The van der Waals surface area contributed by atoms with Crippen LogP contribution in [0.1, 0.15) is 5.56 Å². The molecule has 20 rings (SSSR count). The molecule has 0 aliphatic carbocycles. The largest absolute Gasteiger partial charge is 0.456 e. The average Bonchev–Trinajstić information content (AvgIpc) is 1.66. The molecule has 8 nitrogen and oxygen atoms in total. The quantitative estimate of drug-likeness (QED) is 0.126. The van der Waals surface area contributed by atoms with Crippen molar-refractivity contribution >= 4 is 107 Å². The van der Waals surface area contributed by atoms with E-state index in [9.17, 15) is 0 Å². The van der Waals surface area contributed by atoms with Crippen LogP contribution < -0.4 is 0 Å². The van der Waals surface area contributed by atoms with E-state index in [0.29, 0.717) is 34.9 Å². The molecule has 0 bridgehead atoms. The van der Waals surface area contributed by atoms with Crippen LogP contribution in [0.3, 0.4) is 0 Å². The van der Waals surface area contributed by atoms with E-state index in [1.165, 1.54) is 40.9 Å². The molecule has 0 fully saturated rings. The summed E-state index contributed by atoms with van der Waals surface area (Å²) in [5.74, 6) is 3.63. The number of rotatable bonds is 11. The highest BCUT2D eigenvalue weighted by atomic mass is 32.1. The average molecular weight is 1330 g/mol. The molecule has 10 heteroatoms. The number of hydrogen-bond acceptors (Lipinski definition) is 10. The first-order valence-electron chi connectivity index (χ1n) is 33.7. The Hall–Kier alpha value is -12.9. The number of hydrogen-bond donors (Lipinski definition) is 0. The van der Waals surface area contributed by atoms with Gasteiger partial charge in [-0.2, -0.15) is 0 Å². The van der Waals surface area contributed by atoms with Crippen LogP contribution in [0.2, 0.25) is 0 Å². The van der Waals surface area contributed by atoms with Gasteiger partial charge in [0.25, 0.3) is 0 Å². The summed E-state index contributed by atoms with van der Waals surface area (Å²) in [5, 5.41) is 8.73. The van der Waals surface area contributed by atoms with Crippen molar-refractivity contribution in [3.63, 3.8) is 0 Å². The second-order valence-electron chi connectivity index (χ2n) is 25.7. The topological polar surface area (TPSA) is 104 Å². The van der Waals surface area contributed by atoms with Crippen molar-refractivity contribution in [3.8, 4) is 124 Å². The molecule has 6 heterocycles. The van der Waals surface area contributed by atoms with E-state index in [0.717, 1.165) is 138 Å². The molecule has 0 saturated heterocycles. The Labute approximate surface area is 587 Å². The first-order chi connectivity index (χ1) is 49.9. The number of furan rings is 2. The summed E-state index contributed by atoms with van der Waals surface area (Å²) in [6.45, 7) is 2.14. The third-order valence-corrected chi connectivity index (χ3v) is 21.8. The molecule has 0 unspecified atom stereocenters. The van der Waals surface area contributed by atoms with Crippen molar-refractivity contribution in [2.45, 2.75) is 6.92 Å². The van der Waals surface area contributed by atoms with Gasteiger partial charge < -0.3 is 8.83 Å². The molecule has 0 aliphatic heterocycles. The van der Waals surface area contributed by atoms with E-state index >= 15 is 0 Å². The van der Waals surface area contributed by atoms with Crippen molar-refractivity contribution < 1.29 is 8.83 Å². The van der Waals surface area contributed by atoms with Crippen LogP contribution in [-0.2, 0) is 0 Å². The fourth-order valence-electron chi connectivity index (χ4n) is 14.5. The summed E-state index contributed by atoms with van der Waals surface area (Å²) in [4.78, 5) is 31.3. The maximum atomic E-state index is 6.84. The number of benzene rings is 14. The highest BCUT2D eigenvalue weighted by Gasteiger charge is 2.23. The summed E-state index contributed by atoms with van der Waals surface area (Å²) in [6, 6.07) is 109. The second-order valence-corrected chi connectivity index (χ2v) is 27.9. The molecule has 0 N–H and O–H groups in total. The Bertz CT molecular complexity index is 6730. The highest BCUT2D eigenvalue weighted by Crippen LogP contribution is 2.46. The van der Waals surface area contributed by atoms with Crippen LogP contribution in [0.15, 0.2) is 318 Å². The number of fused-ring (bicyclic) bond motifs is 12. The smallest absolute Gasteiger partial charge is 0.164 e. The number of thiophene rings is 2. The van der Waals surface area contributed by atoms with Crippen LogP contribution in [0.25, 0.3) is 208 Å². The van der Waals surface area contributed by atoms with E-state index < -0.39 is 0 Å². The lowest BCUT2D eigenvalue weighted by atomic mass is 9.92. The molecule has 0 spiro atoms. The zero-order valence-electron chi connectivity index (χ0n) is 54.3. The van der Waals surface area contributed by atoms with Gasteiger partial charge in [0.15, 0.2) is 34.9 Å². The van der Waals surface area contributed by atoms with Crippen molar-refractivity contribution in [1.29, 1.82) is 0 Å². The van der Waals surface area contributed by atoms with E-state index in [2.05, 4.69) is 250 Å². The van der Waals surface area contributed by atoms with Crippen molar-refractivity contribution in [3.05, 3.63) is 315 Å². The minimum absolute atomic E-state index is 0.572. The summed E-state index contributed by atoms with van der Waals surface area (Å²) in [6.07, 6.45) is 0. The van der Waals surface area contributed by atoms with Gasteiger partial charge in [-0.3, -0.25) is 0 Å². The molecule has 14 aromatic carbocycles. The molecule has 0 saturated carbocycles. The molecule has 0 amide bonds. The molecular weight excluding hydrogens is 1270 g/mol. The van der Waals surface area contributed by atoms with E-state index in [-0.39, 0.29) is 0 Å². The van der Waals surface area contributed by atoms with Gasteiger partial charge in [0.1, 0.15) is 22.3 Å². The lowest BCUT2D eigenvalue weighted by Crippen LogP contribution is -2.00. The standard InChI is InChI=1S/C91H54N6O2S2/c1-53-16-12-21-58(46-53)61-39-44-80-74(48-61)84-72(28-15-30-82(84)100-80)91-95-87(57-19-6-3-7-20-57)93-89(97-91)65-37-42-70-69-41-36-63(51-78(69)99-79(70)52-65)67-25-9-8-24-66(67)55-34-32-54(33-35-55)59-22-13-23-60(47-59)62-40-45-81-75(49-62)85-71(27-14-31-83(85)101-81)90-94-86(56-17-4-2-5-18-56)92-88(96-90)64-38-43-77-73(50-64)68-26-10-11-29-76(68)98-77/h2-52H,1H3. The van der Waals surface area contributed by atoms with Gasteiger partial charge >= 0.3 is 0 Å². The summed E-state index contributed by atoms with van der Waals surface area (Å²) < 4.78 is 17.8. The van der Waals surface area contributed by atoms with Crippen LogP contribution >= 0.6 is 22.7 Å². The maximum absolute atomic E-state index is 6.84. The Morgan fingerprint density at radius 2 is 0.594 bits per heavy atom. The van der Waals surface area contributed by atoms with E-state index in [1.54, 1.807) is 22.7 Å². The van der Waals surface area contributed by atoms with Gasteiger partial charge in [-0.05, 0) is 154 Å². The van der Waals surface area contributed by atoms with E-state index in [1.807, 2.05) is 66.7 Å². The third-order valence-electron chi connectivity index (χ3n) is 19.5. The number of para-hydroxylation sites is 1. The fraction of sp³-hybridized carbons (Fsp3) is 0.0110. The molecule has 101 heavy (non-hydrogen) atoms. The lowest BCUT2D eigenvalue weighted by molar-refractivity contribution is 0.668. The van der Waals surface area contributed by atoms with Crippen LogP contribution in [-0.4, -0.2) is 29.9 Å². The van der Waals surface area contributed by atoms with Gasteiger partial charge in [0.05, 0.1) is 0 Å². The molecular formula is C91H54N6O2S2. The predicted octanol–water partition coefficient (Wildman–Crippen LogP) is 25.2. The van der Waals surface area contributed by atoms with Gasteiger partial charge in [0.2, 0.25) is 0 Å². The monoisotopic (exact) mass is 1330 g/mol. The number of nitrogens with zero attached hydrogens (tertiary/aromatic N) is 6. The Morgan fingerprint density at radius 1 is 0.208 bits per heavy atom. The van der Waals surface area contributed by atoms with Crippen LogP contribution in [0.4, 0.5) is 0 Å². The number of aryl methyl sites for hydroxylation is 1. The Balaban J connectivity index is 0.606. The SMILES string of the molecule is Cc1cccc(-c2ccc3sc4cccc(-c5nc(-c6ccccc6)nc(-c6ccc7c(c6)oc6cc(-c8ccccc8-c8ccc(-c9cccc(-c%10ccc%11sc%12cccc(-c%13nc(-c%14ccccc%14)nc(-c%14ccc%15oc%16ccccc%16c%15c%14)n%13)c%12c%11c%10)c9)cc8)ccc67)n5)c4c3c2)c1. The molecule has 0 atom stereocenters. The summed E-state index contributed by atoms with van der Waals surface area (Å²) >= 11 is 3.58. The van der Waals surface area contributed by atoms with Crippen molar-refractivity contribution in [2.75, 3.05) is 0 Å². The van der Waals surface area contributed by atoms with E-state index in [4.69, 9.17) is 38.7 Å². The third kappa shape index (κ3) is 10.3. The van der Waals surface area contributed by atoms with Crippen molar-refractivity contribution in [1.82, 2.24) is 29.9 Å². The van der Waals surface area contributed by atoms with Gasteiger partial charge in [-0.15, -0.1) is 22.7 Å². The normalized spacial score (nSPS) is 11.8. The zero-order chi connectivity index (χ0) is 66.7. The van der Waals surface area contributed by atoms with Gasteiger partial charge in [0, 0.05) is 95.3 Å². The zero-order valence-corrected chi connectivity index (χ0v) is 55.9. The molecule has 472 valence electrons. The molecule has 0 radical (unpaired) electrons. The molecule has 0 aliphatic rings. The minimum Gasteiger partial charge on any atom is -0.456 e. The first kappa shape index (κ1) is 58.3. The first-order valence-corrected chi connectivity index (χ1v) is 35.3. The highest BCUT2D eigenvalue weighted by molar-refractivity contribution is 7.26. The Morgan fingerprint density at radius 3 is 1.21 bits per heavy atom. The van der Waals surface area contributed by atoms with Gasteiger partial charge in [-0.25, -0.2) is 29.9 Å². The van der Waals surface area contributed by atoms with Crippen molar-refractivity contribution in [2.24, 2.45) is 0 Å². The fourth-order valence-corrected chi connectivity index (χ4v) is 16.8. The van der Waals surface area contributed by atoms with Gasteiger partial charge in [-0.1, -0.05) is 224 Å². The summed E-state index contributed by atoms with van der Waals surface area (Å²) in [7, 11) is 0. The maximum Gasteiger partial charge on any atom is 0.164 e.